The molecule has 0 aliphatic heterocycles. The molecule has 0 aliphatic rings. The van der Waals surface area contributed by atoms with Crippen LogP contribution in [0.1, 0.15) is 26.5 Å². The van der Waals surface area contributed by atoms with E-state index in [9.17, 15) is 4.79 Å². The van der Waals surface area contributed by atoms with E-state index in [1.807, 2.05) is 0 Å². The number of carbonyl (C=O) groups excluding carboxylic acids is 1. The molecule has 1 N–H and O–H groups in total. The molecule has 0 bridgehead atoms. The minimum Gasteiger partial charge on any atom is -0.444 e. The molecule has 0 radical (unpaired) electrons. The van der Waals surface area contributed by atoms with Crippen LogP contribution in [0.15, 0.2) is 17.1 Å². The first-order chi connectivity index (χ1) is 7.90. The third-order valence-corrected chi connectivity index (χ3v) is 1.81. The molecule has 0 spiro atoms. The number of nitrogens with zero attached hydrogens (tertiary/aromatic N) is 2. The molecule has 17 heavy (non-hydrogen) atoms. The van der Waals surface area contributed by atoms with E-state index in [1.54, 1.807) is 44.0 Å². The molecule has 1 heterocycles. The highest BCUT2D eigenvalue weighted by Crippen LogP contribution is 2.10. The van der Waals surface area contributed by atoms with Crippen molar-refractivity contribution in [2.75, 3.05) is 5.32 Å². The van der Waals surface area contributed by atoms with Gasteiger partial charge in [0.05, 0.1) is 5.69 Å². The zero-order chi connectivity index (χ0) is 12.9. The lowest BCUT2D eigenvalue weighted by Crippen LogP contribution is -2.27. The summed E-state index contributed by atoms with van der Waals surface area (Å²) in [6.07, 6.45) is 1.19. The Hall–Kier alpha value is -1.43. The van der Waals surface area contributed by atoms with Crippen molar-refractivity contribution in [2.45, 2.75) is 26.4 Å². The Balaban J connectivity index is 2.60. The quantitative estimate of drug-likeness (QED) is 0.911. The highest BCUT2D eigenvalue weighted by atomic mass is 79.9. The summed E-state index contributed by atoms with van der Waals surface area (Å²) in [7, 11) is 0. The number of rotatable bonds is 2. The lowest BCUT2D eigenvalue weighted by Gasteiger charge is -2.19. The molecule has 0 saturated carbocycles. The van der Waals surface area contributed by atoms with E-state index in [0.717, 1.165) is 0 Å². The van der Waals surface area contributed by atoms with Gasteiger partial charge in [0.15, 0.2) is 5.82 Å². The molecule has 1 rings (SSSR count). The smallest absolute Gasteiger partial charge is 0.413 e. The summed E-state index contributed by atoms with van der Waals surface area (Å²) in [5, 5.41) is 10.2. The number of amides is 1. The van der Waals surface area contributed by atoms with Crippen molar-refractivity contribution < 1.29 is 9.53 Å². The Labute approximate surface area is 108 Å². The van der Waals surface area contributed by atoms with E-state index >= 15 is 0 Å². The van der Waals surface area contributed by atoms with Crippen LogP contribution in [0, 0.1) is 0 Å². The minimum atomic E-state index is -0.546. The third kappa shape index (κ3) is 5.44. The van der Waals surface area contributed by atoms with Crippen LogP contribution in [0.4, 0.5) is 10.6 Å². The summed E-state index contributed by atoms with van der Waals surface area (Å²) in [5.74, 6) is 0.353. The second-order valence-corrected chi connectivity index (χ2v) is 4.79. The van der Waals surface area contributed by atoms with Crippen LogP contribution in [0.25, 0.3) is 6.08 Å². The first kappa shape index (κ1) is 13.6. The fourth-order valence-corrected chi connectivity index (χ4v) is 1.24. The van der Waals surface area contributed by atoms with Crippen molar-refractivity contribution in [1.82, 2.24) is 10.2 Å². The van der Waals surface area contributed by atoms with Crippen LogP contribution in [-0.2, 0) is 4.74 Å². The maximum absolute atomic E-state index is 11.4. The number of hydrogen-bond acceptors (Lipinski definition) is 4. The molecule has 6 heteroatoms. The number of anilines is 1. The SMILES string of the molecule is CC(C)(C)OC(=O)Nc1ccc(/C=C/Br)nn1. The fraction of sp³-hybridized carbons (Fsp3) is 0.364. The van der Waals surface area contributed by atoms with Crippen LogP contribution >= 0.6 is 15.9 Å². The predicted molar refractivity (Wildman–Crippen MR) is 69.8 cm³/mol. The fourth-order valence-electron chi connectivity index (χ4n) is 0.971. The van der Waals surface area contributed by atoms with Crippen molar-refractivity contribution in [3.05, 3.63) is 22.8 Å². The Morgan fingerprint density at radius 3 is 2.59 bits per heavy atom. The molecule has 0 aliphatic carbocycles. The summed E-state index contributed by atoms with van der Waals surface area (Å²) in [4.78, 5) is 13.1. The van der Waals surface area contributed by atoms with Gasteiger partial charge in [-0.1, -0.05) is 15.9 Å². The Bertz CT molecular complexity index is 410. The Kier molecular flexibility index (Phi) is 4.62. The second kappa shape index (κ2) is 5.77. The van der Waals surface area contributed by atoms with Gasteiger partial charge in [0.2, 0.25) is 0 Å². The number of carbonyl (C=O) groups is 1. The predicted octanol–water partition coefficient (Wildman–Crippen LogP) is 3.19. The molecule has 1 aromatic heterocycles. The van der Waals surface area contributed by atoms with Gasteiger partial charge in [0.1, 0.15) is 5.60 Å². The molecule has 92 valence electrons. The number of hydrogen-bond donors (Lipinski definition) is 1. The first-order valence-electron chi connectivity index (χ1n) is 5.01. The van der Waals surface area contributed by atoms with E-state index in [2.05, 4.69) is 31.4 Å². The highest BCUT2D eigenvalue weighted by Gasteiger charge is 2.16. The van der Waals surface area contributed by atoms with Crippen LogP contribution < -0.4 is 5.32 Å². The van der Waals surface area contributed by atoms with Gasteiger partial charge in [-0.25, -0.2) is 4.79 Å². The van der Waals surface area contributed by atoms with Gasteiger partial charge in [0, 0.05) is 0 Å². The summed E-state index contributed by atoms with van der Waals surface area (Å²) >= 11 is 3.14. The third-order valence-electron chi connectivity index (χ3n) is 1.55. The highest BCUT2D eigenvalue weighted by molar-refractivity contribution is 9.11. The van der Waals surface area contributed by atoms with Gasteiger partial charge >= 0.3 is 6.09 Å². The van der Waals surface area contributed by atoms with Gasteiger partial charge in [-0.05, 0) is 44.0 Å². The van der Waals surface area contributed by atoms with Crippen LogP contribution in [-0.4, -0.2) is 21.9 Å². The summed E-state index contributed by atoms with van der Waals surface area (Å²) in [6.45, 7) is 5.38. The average Bonchev–Trinajstić information content (AvgIpc) is 2.18. The Morgan fingerprint density at radius 1 is 1.41 bits per heavy atom. The number of halogens is 1. The molecule has 0 atom stereocenters. The Morgan fingerprint density at radius 2 is 2.12 bits per heavy atom. The number of nitrogens with one attached hydrogen (secondary N) is 1. The molecule has 0 fully saturated rings. The zero-order valence-corrected chi connectivity index (χ0v) is 11.5. The van der Waals surface area contributed by atoms with E-state index in [1.165, 1.54) is 0 Å². The number of ether oxygens (including phenoxy) is 1. The van der Waals surface area contributed by atoms with E-state index in [-0.39, 0.29) is 0 Å². The largest absolute Gasteiger partial charge is 0.444 e. The van der Waals surface area contributed by atoms with Crippen LogP contribution in [0.2, 0.25) is 0 Å². The van der Waals surface area contributed by atoms with E-state index < -0.39 is 11.7 Å². The van der Waals surface area contributed by atoms with Gasteiger partial charge in [-0.15, -0.1) is 10.2 Å². The van der Waals surface area contributed by atoms with Crippen molar-refractivity contribution in [3.8, 4) is 0 Å². The van der Waals surface area contributed by atoms with Crippen LogP contribution in [0.3, 0.4) is 0 Å². The standard InChI is InChI=1S/C11H14BrN3O2/c1-11(2,3)17-10(16)13-9-5-4-8(6-7-12)14-15-9/h4-7H,1-3H3,(H,13,15,16)/b7-6+. The molecule has 1 amide bonds. The lowest BCUT2D eigenvalue weighted by molar-refractivity contribution is 0.0635. The minimum absolute atomic E-state index is 0.353. The van der Waals surface area contributed by atoms with Crippen molar-refractivity contribution in [3.63, 3.8) is 0 Å². The lowest BCUT2D eigenvalue weighted by atomic mass is 10.2. The van der Waals surface area contributed by atoms with Crippen LogP contribution in [0.5, 0.6) is 0 Å². The molecule has 5 nitrogen and oxygen atoms in total. The van der Waals surface area contributed by atoms with Gasteiger partial charge in [-0.3, -0.25) is 5.32 Å². The zero-order valence-electron chi connectivity index (χ0n) is 9.90. The maximum Gasteiger partial charge on any atom is 0.413 e. The van der Waals surface area contributed by atoms with Gasteiger partial charge in [0.25, 0.3) is 0 Å². The molecule has 1 aromatic rings. The molecule has 0 unspecified atom stereocenters. The average molecular weight is 300 g/mol. The summed E-state index contributed by atoms with van der Waals surface area (Å²) in [5.41, 5.74) is 0.160. The topological polar surface area (TPSA) is 64.1 Å². The molecule has 0 aromatic carbocycles. The van der Waals surface area contributed by atoms with Gasteiger partial charge in [-0.2, -0.15) is 0 Å². The van der Waals surface area contributed by atoms with E-state index in [0.29, 0.717) is 11.5 Å². The first-order valence-corrected chi connectivity index (χ1v) is 5.93. The van der Waals surface area contributed by atoms with Crippen molar-refractivity contribution >= 4 is 33.9 Å². The second-order valence-electron chi connectivity index (χ2n) is 4.26. The van der Waals surface area contributed by atoms with Crippen molar-refractivity contribution in [1.29, 1.82) is 0 Å². The van der Waals surface area contributed by atoms with Gasteiger partial charge < -0.3 is 4.74 Å². The normalized spacial score (nSPS) is 11.5. The molecule has 0 saturated heterocycles. The summed E-state index contributed by atoms with van der Waals surface area (Å²) < 4.78 is 5.08. The van der Waals surface area contributed by atoms with E-state index in [4.69, 9.17) is 4.74 Å². The number of aromatic nitrogens is 2. The maximum atomic E-state index is 11.4. The summed E-state index contributed by atoms with van der Waals surface area (Å²) in [6, 6.07) is 3.39. The van der Waals surface area contributed by atoms with Crippen molar-refractivity contribution in [2.24, 2.45) is 0 Å². The molecular weight excluding hydrogens is 286 g/mol. The molecular formula is C11H14BrN3O2. The monoisotopic (exact) mass is 299 g/mol.